The predicted molar refractivity (Wildman–Crippen MR) is 92.8 cm³/mol. The molecule has 1 aliphatic heterocycles. The lowest BCUT2D eigenvalue weighted by Gasteiger charge is -2.29. The molecule has 112 valence electrons. The fourth-order valence-corrected chi connectivity index (χ4v) is 3.57. The highest BCUT2D eigenvalue weighted by atomic mass is 79.9. The third-order valence-corrected chi connectivity index (χ3v) is 4.86. The van der Waals surface area contributed by atoms with Crippen LogP contribution in [0.4, 0.5) is 11.4 Å². The number of rotatable bonds is 3. The van der Waals surface area contributed by atoms with E-state index in [0.717, 1.165) is 33.3 Å². The molecule has 2 N–H and O–H groups in total. The van der Waals surface area contributed by atoms with Gasteiger partial charge in [-0.15, -0.1) is 0 Å². The van der Waals surface area contributed by atoms with Crippen molar-refractivity contribution in [2.24, 2.45) is 0 Å². The van der Waals surface area contributed by atoms with Gasteiger partial charge in [0, 0.05) is 29.5 Å². The Morgan fingerprint density at radius 1 is 1.48 bits per heavy atom. The van der Waals surface area contributed by atoms with Crippen LogP contribution in [0.3, 0.4) is 0 Å². The fourth-order valence-electron chi connectivity index (χ4n) is 3.21. The summed E-state index contributed by atoms with van der Waals surface area (Å²) in [5, 5.41) is 1.10. The van der Waals surface area contributed by atoms with Gasteiger partial charge in [0.15, 0.2) is 0 Å². The number of pyridine rings is 1. The van der Waals surface area contributed by atoms with Crippen molar-refractivity contribution in [3.63, 3.8) is 0 Å². The minimum Gasteiger partial charge on any atom is -0.396 e. The van der Waals surface area contributed by atoms with Gasteiger partial charge in [-0.05, 0) is 44.6 Å². The smallest absolute Gasteiger partial charge is 0.0745 e. The van der Waals surface area contributed by atoms with Crippen molar-refractivity contribution in [3.8, 4) is 0 Å². The number of halogens is 1. The first-order valence-electron chi connectivity index (χ1n) is 7.31. The van der Waals surface area contributed by atoms with Crippen molar-refractivity contribution in [3.05, 3.63) is 28.9 Å². The number of likely N-dealkylation sites (N-methyl/N-ethyl adjacent to an activating group) is 2. The molecule has 2 heterocycles. The summed E-state index contributed by atoms with van der Waals surface area (Å²) in [5.41, 5.74) is 9.02. The molecule has 4 nitrogen and oxygen atoms in total. The number of hydrogen-bond acceptors (Lipinski definition) is 4. The van der Waals surface area contributed by atoms with Crippen molar-refractivity contribution in [2.45, 2.75) is 18.9 Å². The quantitative estimate of drug-likeness (QED) is 0.925. The van der Waals surface area contributed by atoms with E-state index in [1.54, 1.807) is 6.20 Å². The molecule has 0 spiro atoms. The molecule has 0 saturated carbocycles. The standard InChI is InChI=1S/C16H21BrN4/c1-20-7-3-4-12(20)10-21(2)16-13-8-11(17)5-6-15(13)19-9-14(16)18/h5-6,8-9,12H,3-4,7,10,18H2,1-2H3. The number of fused-ring (bicyclic) bond motifs is 1. The molecule has 0 aliphatic carbocycles. The van der Waals surface area contributed by atoms with Gasteiger partial charge in [0.1, 0.15) is 0 Å². The maximum atomic E-state index is 6.21. The van der Waals surface area contributed by atoms with Crippen LogP contribution < -0.4 is 10.6 Å². The van der Waals surface area contributed by atoms with Crippen molar-refractivity contribution in [1.29, 1.82) is 0 Å². The second-order valence-electron chi connectivity index (χ2n) is 5.88. The van der Waals surface area contributed by atoms with Crippen LogP contribution in [0, 0.1) is 0 Å². The highest BCUT2D eigenvalue weighted by Gasteiger charge is 2.23. The van der Waals surface area contributed by atoms with Crippen LogP contribution in [-0.2, 0) is 0 Å². The zero-order valence-corrected chi connectivity index (χ0v) is 14.1. The van der Waals surface area contributed by atoms with E-state index < -0.39 is 0 Å². The molecule has 3 rings (SSSR count). The summed E-state index contributed by atoms with van der Waals surface area (Å²) in [6, 6.07) is 6.74. The van der Waals surface area contributed by atoms with Crippen LogP contribution >= 0.6 is 15.9 Å². The van der Waals surface area contributed by atoms with E-state index in [4.69, 9.17) is 5.73 Å². The van der Waals surface area contributed by atoms with E-state index in [-0.39, 0.29) is 0 Å². The van der Waals surface area contributed by atoms with E-state index >= 15 is 0 Å². The molecule has 0 bridgehead atoms. The van der Waals surface area contributed by atoms with Gasteiger partial charge in [-0.1, -0.05) is 15.9 Å². The molecule has 1 atom stereocenters. The monoisotopic (exact) mass is 348 g/mol. The maximum Gasteiger partial charge on any atom is 0.0745 e. The molecular formula is C16H21BrN4. The van der Waals surface area contributed by atoms with Gasteiger partial charge in [0.2, 0.25) is 0 Å². The highest BCUT2D eigenvalue weighted by Crippen LogP contribution is 2.33. The first kappa shape index (κ1) is 14.6. The topological polar surface area (TPSA) is 45.4 Å². The summed E-state index contributed by atoms with van der Waals surface area (Å²) >= 11 is 3.54. The molecule has 1 aliphatic rings. The van der Waals surface area contributed by atoms with Crippen molar-refractivity contribution < 1.29 is 0 Å². The molecule has 0 radical (unpaired) electrons. The van der Waals surface area contributed by atoms with Gasteiger partial charge in [0.05, 0.1) is 23.1 Å². The summed E-state index contributed by atoms with van der Waals surface area (Å²) in [6.07, 6.45) is 4.31. The summed E-state index contributed by atoms with van der Waals surface area (Å²) in [7, 11) is 4.33. The van der Waals surface area contributed by atoms with E-state index in [0.29, 0.717) is 6.04 Å². The van der Waals surface area contributed by atoms with Gasteiger partial charge in [0.25, 0.3) is 0 Å². The molecule has 5 heteroatoms. The Morgan fingerprint density at radius 3 is 3.00 bits per heavy atom. The second kappa shape index (κ2) is 5.81. The molecule has 1 fully saturated rings. The highest BCUT2D eigenvalue weighted by molar-refractivity contribution is 9.10. The number of hydrogen-bond donors (Lipinski definition) is 1. The third kappa shape index (κ3) is 2.85. The average molecular weight is 349 g/mol. The number of aromatic nitrogens is 1. The molecular weight excluding hydrogens is 328 g/mol. The Labute approximate surface area is 134 Å². The number of nitrogen functional groups attached to an aromatic ring is 1. The van der Waals surface area contributed by atoms with Crippen molar-refractivity contribution >= 4 is 38.2 Å². The lowest BCUT2D eigenvalue weighted by molar-refractivity contribution is 0.314. The number of nitrogens with zero attached hydrogens (tertiary/aromatic N) is 3. The van der Waals surface area contributed by atoms with E-state index in [9.17, 15) is 0 Å². The lowest BCUT2D eigenvalue weighted by Crippen LogP contribution is -2.37. The van der Waals surface area contributed by atoms with E-state index in [1.165, 1.54) is 19.4 Å². The molecule has 2 aromatic rings. The zero-order chi connectivity index (χ0) is 15.0. The molecule has 1 aromatic carbocycles. The summed E-state index contributed by atoms with van der Waals surface area (Å²) in [6.45, 7) is 2.18. The van der Waals surface area contributed by atoms with Crippen LogP contribution in [-0.4, -0.2) is 43.1 Å². The average Bonchev–Trinajstić information content (AvgIpc) is 2.83. The van der Waals surface area contributed by atoms with Gasteiger partial charge >= 0.3 is 0 Å². The Kier molecular flexibility index (Phi) is 4.04. The van der Waals surface area contributed by atoms with Crippen molar-refractivity contribution in [1.82, 2.24) is 9.88 Å². The number of nitrogens with two attached hydrogens (primary N) is 1. The van der Waals surface area contributed by atoms with Gasteiger partial charge in [-0.3, -0.25) is 4.98 Å². The molecule has 0 amide bonds. The van der Waals surface area contributed by atoms with Gasteiger partial charge in [-0.25, -0.2) is 0 Å². The zero-order valence-electron chi connectivity index (χ0n) is 12.5. The molecule has 1 saturated heterocycles. The summed E-state index contributed by atoms with van der Waals surface area (Å²) < 4.78 is 1.05. The van der Waals surface area contributed by atoms with E-state index in [1.807, 2.05) is 12.1 Å². The fraction of sp³-hybridized carbons (Fsp3) is 0.438. The molecule has 21 heavy (non-hydrogen) atoms. The minimum absolute atomic E-state index is 0.602. The predicted octanol–water partition coefficient (Wildman–Crippen LogP) is 3.11. The Hall–Kier alpha value is -1.33. The SMILES string of the molecule is CN(CC1CCCN1C)c1c(N)cnc2ccc(Br)cc12. The Balaban J connectivity index is 1.98. The van der Waals surface area contributed by atoms with Crippen LogP contribution in [0.2, 0.25) is 0 Å². The maximum absolute atomic E-state index is 6.21. The first-order chi connectivity index (χ1) is 10.1. The molecule has 1 aromatic heterocycles. The van der Waals surface area contributed by atoms with Crippen molar-refractivity contribution in [2.75, 3.05) is 37.8 Å². The van der Waals surface area contributed by atoms with Gasteiger partial charge < -0.3 is 15.5 Å². The van der Waals surface area contributed by atoms with Gasteiger partial charge in [-0.2, -0.15) is 0 Å². The first-order valence-corrected chi connectivity index (χ1v) is 8.10. The number of anilines is 2. The van der Waals surface area contributed by atoms with Crippen LogP contribution in [0.1, 0.15) is 12.8 Å². The lowest BCUT2D eigenvalue weighted by atomic mass is 10.1. The Morgan fingerprint density at radius 2 is 2.29 bits per heavy atom. The summed E-state index contributed by atoms with van der Waals surface area (Å²) in [4.78, 5) is 9.14. The van der Waals surface area contributed by atoms with Crippen LogP contribution in [0.5, 0.6) is 0 Å². The Bertz CT molecular complexity index is 653. The van der Waals surface area contributed by atoms with Crippen LogP contribution in [0.25, 0.3) is 10.9 Å². The second-order valence-corrected chi connectivity index (χ2v) is 6.80. The minimum atomic E-state index is 0.602. The summed E-state index contributed by atoms with van der Waals surface area (Å²) in [5.74, 6) is 0. The normalized spacial score (nSPS) is 19.3. The number of benzene rings is 1. The third-order valence-electron chi connectivity index (χ3n) is 4.37. The van der Waals surface area contributed by atoms with E-state index in [2.05, 4.69) is 50.9 Å². The largest absolute Gasteiger partial charge is 0.396 e. The van der Waals surface area contributed by atoms with Crippen LogP contribution in [0.15, 0.2) is 28.9 Å². The molecule has 1 unspecified atom stereocenters. The number of likely N-dealkylation sites (tertiary alicyclic amines) is 1.